The maximum absolute atomic E-state index is 13.4. The lowest BCUT2D eigenvalue weighted by Crippen LogP contribution is -2.65. The molecule has 1 amide bonds. The molecule has 14 heteroatoms. The number of aliphatic hydroxyl groups excluding tert-OH is 8. The van der Waals surface area contributed by atoms with E-state index in [1.807, 2.05) is 0 Å². The Bertz CT molecular complexity index is 1700. The maximum Gasteiger partial charge on any atom is 0.220 e. The second-order valence-corrected chi connectivity index (χ2v) is 28.2. The fourth-order valence-corrected chi connectivity index (χ4v) is 13.3. The molecule has 0 aromatic carbocycles. The van der Waals surface area contributed by atoms with Crippen LogP contribution in [0.2, 0.25) is 0 Å². The van der Waals surface area contributed by atoms with E-state index in [-0.39, 0.29) is 12.5 Å². The van der Waals surface area contributed by atoms with Gasteiger partial charge in [0.15, 0.2) is 12.6 Å². The standard InChI is InChI=1S/C79H149NO13/c1-3-5-7-9-11-13-15-17-19-21-23-25-27-29-31-33-34-35-37-39-41-43-45-47-49-51-53-55-57-59-61-63-71(84)80-67(66-90-78-76(89)74(87)77(70(65-82)92-78)93-79-75(88)73(86)72(85)69(64-81)91-79)68(83)62-60-58-56-54-52-50-48-46-44-42-40-38-36-32-30-28-26-24-22-20-18-16-14-12-10-8-6-4-2/h15,17,21,23,27,29,67-70,72-79,81-83,85-89H,3-14,16,18-20,22,24-26,28,30-66H2,1-2H3,(H,80,84)/b17-15-,23-21-,29-27-. The number of amides is 1. The molecule has 0 spiro atoms. The minimum Gasteiger partial charge on any atom is -0.394 e. The topological polar surface area (TPSA) is 228 Å². The summed E-state index contributed by atoms with van der Waals surface area (Å²) >= 11 is 0. The first-order chi connectivity index (χ1) is 45.6. The third-order valence-electron chi connectivity index (χ3n) is 19.6. The number of hydrogen-bond donors (Lipinski definition) is 9. The summed E-state index contributed by atoms with van der Waals surface area (Å²) in [7, 11) is 0. The van der Waals surface area contributed by atoms with Crippen molar-refractivity contribution < 1.29 is 64.6 Å². The van der Waals surface area contributed by atoms with Crippen LogP contribution in [0.5, 0.6) is 0 Å². The number of aliphatic hydroxyl groups is 8. The highest BCUT2D eigenvalue weighted by Gasteiger charge is 2.51. The van der Waals surface area contributed by atoms with Gasteiger partial charge in [0.1, 0.15) is 48.8 Å². The summed E-state index contributed by atoms with van der Waals surface area (Å²) in [5, 5.41) is 87.9. The van der Waals surface area contributed by atoms with Crippen molar-refractivity contribution in [2.45, 2.75) is 441 Å². The first-order valence-electron chi connectivity index (χ1n) is 39.7. The second kappa shape index (κ2) is 63.6. The van der Waals surface area contributed by atoms with E-state index in [4.69, 9.17) is 18.9 Å². The van der Waals surface area contributed by atoms with Crippen LogP contribution in [0.4, 0.5) is 0 Å². The Kier molecular flexibility index (Phi) is 59.7. The molecule has 12 atom stereocenters. The number of unbranched alkanes of at least 4 members (excludes halogenated alkanes) is 48. The molecular weight excluding hydrogens is 1170 g/mol. The smallest absolute Gasteiger partial charge is 0.220 e. The van der Waals surface area contributed by atoms with E-state index >= 15 is 0 Å². The number of carbonyl (C=O) groups excluding carboxylic acids is 1. The third-order valence-corrected chi connectivity index (χ3v) is 19.6. The second-order valence-electron chi connectivity index (χ2n) is 28.2. The largest absolute Gasteiger partial charge is 0.394 e. The molecule has 0 radical (unpaired) electrons. The van der Waals surface area contributed by atoms with Crippen LogP contribution in [-0.2, 0) is 23.7 Å². The van der Waals surface area contributed by atoms with E-state index in [0.29, 0.717) is 12.8 Å². The van der Waals surface area contributed by atoms with Crippen molar-refractivity contribution in [3.05, 3.63) is 36.5 Å². The van der Waals surface area contributed by atoms with E-state index in [0.717, 1.165) is 64.2 Å². The Hall–Kier alpha value is -1.79. The van der Waals surface area contributed by atoms with Gasteiger partial charge in [-0.3, -0.25) is 4.79 Å². The van der Waals surface area contributed by atoms with Gasteiger partial charge in [0.05, 0.1) is 32.0 Å². The van der Waals surface area contributed by atoms with E-state index in [9.17, 15) is 45.6 Å². The van der Waals surface area contributed by atoms with Gasteiger partial charge in [0.2, 0.25) is 5.91 Å². The molecule has 2 saturated heterocycles. The molecule has 0 bridgehead atoms. The lowest BCUT2D eigenvalue weighted by Gasteiger charge is -2.46. The normalized spacial score (nSPS) is 22.7. The number of rotatable bonds is 67. The maximum atomic E-state index is 13.4. The average molecular weight is 1320 g/mol. The Morgan fingerprint density at radius 3 is 1.09 bits per heavy atom. The fourth-order valence-electron chi connectivity index (χ4n) is 13.3. The zero-order chi connectivity index (χ0) is 67.3. The Labute approximate surface area is 570 Å². The summed E-state index contributed by atoms with van der Waals surface area (Å²) < 4.78 is 23.0. The van der Waals surface area contributed by atoms with Crippen molar-refractivity contribution in [2.24, 2.45) is 0 Å². The summed E-state index contributed by atoms with van der Waals surface area (Å²) in [6.07, 6.45) is 66.0. The first-order valence-corrected chi connectivity index (χ1v) is 39.7. The number of hydrogen-bond acceptors (Lipinski definition) is 13. The molecule has 0 aromatic heterocycles. The number of ether oxygens (including phenoxy) is 4. The highest BCUT2D eigenvalue weighted by Crippen LogP contribution is 2.30. The molecule has 12 unspecified atom stereocenters. The summed E-state index contributed by atoms with van der Waals surface area (Å²) in [6.45, 7) is 2.91. The first kappa shape index (κ1) is 87.3. The predicted molar refractivity (Wildman–Crippen MR) is 383 cm³/mol. The quantitative estimate of drug-likeness (QED) is 0.0204. The van der Waals surface area contributed by atoms with Crippen LogP contribution in [0.3, 0.4) is 0 Å². The SMILES string of the molecule is CCCCCCC/C=C\C/C=C\C/C=C\CCCCCCCCCCCCCCCCCCC(=O)NC(COC1OC(CO)C(OC2OC(CO)C(O)C(O)C2O)C(O)C1O)C(O)CCCCCCCCCCCCCCCCCCCCCCCCCCCCCC. The van der Waals surface area contributed by atoms with Gasteiger partial charge in [0.25, 0.3) is 0 Å². The Balaban J connectivity index is 1.61. The van der Waals surface area contributed by atoms with Crippen molar-refractivity contribution in [2.75, 3.05) is 19.8 Å². The molecule has 2 aliphatic rings. The average Bonchev–Trinajstić information content (AvgIpc) is 0.851. The molecule has 9 N–H and O–H groups in total. The molecule has 2 rings (SSSR count). The molecule has 14 nitrogen and oxygen atoms in total. The van der Waals surface area contributed by atoms with Gasteiger partial charge in [-0.05, 0) is 51.4 Å². The summed E-state index contributed by atoms with van der Waals surface area (Å²) in [5.41, 5.74) is 0. The molecule has 0 aliphatic carbocycles. The van der Waals surface area contributed by atoms with Gasteiger partial charge < -0.3 is 65.1 Å². The zero-order valence-electron chi connectivity index (χ0n) is 60.0. The zero-order valence-corrected chi connectivity index (χ0v) is 60.0. The monoisotopic (exact) mass is 1320 g/mol. The lowest BCUT2D eigenvalue weighted by atomic mass is 9.97. The van der Waals surface area contributed by atoms with Crippen LogP contribution in [-0.4, -0.2) is 140 Å². The molecule has 548 valence electrons. The predicted octanol–water partition coefficient (Wildman–Crippen LogP) is 17.6. The van der Waals surface area contributed by atoms with Gasteiger partial charge in [-0.15, -0.1) is 0 Å². The number of nitrogens with one attached hydrogen (secondary N) is 1. The van der Waals surface area contributed by atoms with Crippen molar-refractivity contribution >= 4 is 5.91 Å². The van der Waals surface area contributed by atoms with Gasteiger partial charge in [-0.1, -0.05) is 346 Å². The van der Waals surface area contributed by atoms with Crippen LogP contribution >= 0.6 is 0 Å². The van der Waals surface area contributed by atoms with Gasteiger partial charge in [-0.25, -0.2) is 0 Å². The van der Waals surface area contributed by atoms with Crippen molar-refractivity contribution in [1.82, 2.24) is 5.32 Å². The Morgan fingerprint density at radius 2 is 0.710 bits per heavy atom. The molecule has 2 aliphatic heterocycles. The summed E-state index contributed by atoms with van der Waals surface area (Å²) in [6, 6.07) is -0.830. The van der Waals surface area contributed by atoms with Crippen molar-refractivity contribution in [3.8, 4) is 0 Å². The third kappa shape index (κ3) is 47.0. The fraction of sp³-hybridized carbons (Fsp3) is 0.911. The molecule has 2 fully saturated rings. The van der Waals surface area contributed by atoms with Crippen molar-refractivity contribution in [3.63, 3.8) is 0 Å². The minimum absolute atomic E-state index is 0.200. The lowest BCUT2D eigenvalue weighted by molar-refractivity contribution is -0.359. The van der Waals surface area contributed by atoms with E-state index in [1.54, 1.807) is 0 Å². The van der Waals surface area contributed by atoms with E-state index < -0.39 is 86.8 Å². The van der Waals surface area contributed by atoms with Crippen LogP contribution in [0, 0.1) is 0 Å². The van der Waals surface area contributed by atoms with Crippen LogP contribution in [0.15, 0.2) is 36.5 Å². The molecule has 0 aromatic rings. The van der Waals surface area contributed by atoms with Gasteiger partial charge in [-0.2, -0.15) is 0 Å². The van der Waals surface area contributed by atoms with E-state index in [1.165, 1.54) is 276 Å². The van der Waals surface area contributed by atoms with Gasteiger partial charge in [0, 0.05) is 6.42 Å². The van der Waals surface area contributed by atoms with Crippen LogP contribution < -0.4 is 5.32 Å². The van der Waals surface area contributed by atoms with E-state index in [2.05, 4.69) is 55.6 Å². The molecule has 93 heavy (non-hydrogen) atoms. The van der Waals surface area contributed by atoms with Crippen molar-refractivity contribution in [1.29, 1.82) is 0 Å². The van der Waals surface area contributed by atoms with Crippen LogP contribution in [0.25, 0.3) is 0 Å². The highest BCUT2D eigenvalue weighted by molar-refractivity contribution is 5.76. The number of carbonyl (C=O) groups is 1. The van der Waals surface area contributed by atoms with Gasteiger partial charge >= 0.3 is 0 Å². The Morgan fingerprint density at radius 1 is 0.387 bits per heavy atom. The number of allylic oxidation sites excluding steroid dienone is 6. The van der Waals surface area contributed by atoms with Crippen LogP contribution in [0.1, 0.15) is 367 Å². The minimum atomic E-state index is -1.78. The molecule has 0 saturated carbocycles. The molecular formula is C79H149NO13. The molecule has 2 heterocycles. The summed E-state index contributed by atoms with van der Waals surface area (Å²) in [4.78, 5) is 13.4. The summed E-state index contributed by atoms with van der Waals surface area (Å²) in [5.74, 6) is -0.200. The highest BCUT2D eigenvalue weighted by atomic mass is 16.7.